The Balaban J connectivity index is 2.03. The minimum absolute atomic E-state index is 0.881. The molecule has 1 nitrogen and oxygen atoms in total. The molecule has 1 aromatic rings. The topological polar surface area (TPSA) is 12.0 Å². The lowest BCUT2D eigenvalue weighted by Crippen LogP contribution is -2.28. The first-order valence-corrected chi connectivity index (χ1v) is 6.51. The van der Waals surface area contributed by atoms with Crippen molar-refractivity contribution in [1.29, 1.82) is 0 Å². The maximum absolute atomic E-state index is 3.51. The van der Waals surface area contributed by atoms with E-state index in [0.29, 0.717) is 0 Å². The van der Waals surface area contributed by atoms with Gasteiger partial charge < -0.3 is 5.32 Å². The predicted molar refractivity (Wildman–Crippen MR) is 68.2 cm³/mol. The van der Waals surface area contributed by atoms with Crippen LogP contribution in [-0.4, -0.2) is 13.1 Å². The molecule has 0 aromatic heterocycles. The van der Waals surface area contributed by atoms with E-state index in [2.05, 4.69) is 46.4 Å². The summed E-state index contributed by atoms with van der Waals surface area (Å²) in [5, 5.41) is 3.42. The smallest absolute Gasteiger partial charge is 0.0178 e. The van der Waals surface area contributed by atoms with Gasteiger partial charge in [-0.3, -0.25) is 0 Å². The van der Waals surface area contributed by atoms with E-state index in [1.165, 1.54) is 48.0 Å². The average molecular weight is 268 g/mol. The fourth-order valence-corrected chi connectivity index (χ4v) is 2.76. The van der Waals surface area contributed by atoms with Gasteiger partial charge in [0.25, 0.3) is 0 Å². The molecule has 0 radical (unpaired) electrons. The molecule has 1 aliphatic rings. The SMILES string of the molecule is Cc1cc(Br)ccc1CC1CCNCC1. The van der Waals surface area contributed by atoms with Crippen molar-refractivity contribution in [1.82, 2.24) is 5.32 Å². The van der Waals surface area contributed by atoms with Gasteiger partial charge in [-0.1, -0.05) is 22.0 Å². The Morgan fingerprint density at radius 1 is 1.33 bits per heavy atom. The van der Waals surface area contributed by atoms with Gasteiger partial charge in [0.15, 0.2) is 0 Å². The molecule has 0 saturated carbocycles. The monoisotopic (exact) mass is 267 g/mol. The van der Waals surface area contributed by atoms with Crippen LogP contribution in [0.15, 0.2) is 22.7 Å². The molecule has 15 heavy (non-hydrogen) atoms. The van der Waals surface area contributed by atoms with Gasteiger partial charge in [0.2, 0.25) is 0 Å². The van der Waals surface area contributed by atoms with Crippen LogP contribution in [0, 0.1) is 12.8 Å². The first-order chi connectivity index (χ1) is 7.25. The number of halogens is 1. The summed E-state index contributed by atoms with van der Waals surface area (Å²) in [6.45, 7) is 4.60. The molecule has 1 aromatic carbocycles. The van der Waals surface area contributed by atoms with E-state index in [4.69, 9.17) is 0 Å². The Bertz CT molecular complexity index is 329. The van der Waals surface area contributed by atoms with Crippen LogP contribution in [0.5, 0.6) is 0 Å². The summed E-state index contributed by atoms with van der Waals surface area (Å²) in [4.78, 5) is 0. The first-order valence-electron chi connectivity index (χ1n) is 5.71. The molecule has 1 aliphatic heterocycles. The Morgan fingerprint density at radius 2 is 2.07 bits per heavy atom. The summed E-state index contributed by atoms with van der Waals surface area (Å²) in [5.74, 6) is 0.881. The molecule has 0 atom stereocenters. The van der Waals surface area contributed by atoms with Crippen molar-refractivity contribution in [3.8, 4) is 0 Å². The highest BCUT2D eigenvalue weighted by Crippen LogP contribution is 2.22. The second kappa shape index (κ2) is 5.13. The molecule has 82 valence electrons. The molecule has 0 unspecified atom stereocenters. The summed E-state index contributed by atoms with van der Waals surface area (Å²) >= 11 is 3.51. The van der Waals surface area contributed by atoms with Crippen LogP contribution in [0.2, 0.25) is 0 Å². The van der Waals surface area contributed by atoms with Crippen LogP contribution >= 0.6 is 15.9 Å². The lowest BCUT2D eigenvalue weighted by atomic mass is 9.89. The second-order valence-corrected chi connectivity index (χ2v) is 5.38. The van der Waals surface area contributed by atoms with E-state index >= 15 is 0 Å². The van der Waals surface area contributed by atoms with Crippen LogP contribution in [0.4, 0.5) is 0 Å². The van der Waals surface area contributed by atoms with Gasteiger partial charge in [-0.2, -0.15) is 0 Å². The molecule has 2 heteroatoms. The molecular weight excluding hydrogens is 250 g/mol. The highest BCUT2D eigenvalue weighted by atomic mass is 79.9. The number of hydrogen-bond acceptors (Lipinski definition) is 1. The number of hydrogen-bond donors (Lipinski definition) is 1. The van der Waals surface area contributed by atoms with Crippen LogP contribution in [0.3, 0.4) is 0 Å². The maximum Gasteiger partial charge on any atom is 0.0178 e. The lowest BCUT2D eigenvalue weighted by Gasteiger charge is -2.23. The van der Waals surface area contributed by atoms with E-state index in [1.54, 1.807) is 0 Å². The van der Waals surface area contributed by atoms with Gasteiger partial charge in [-0.25, -0.2) is 0 Å². The van der Waals surface area contributed by atoms with Gasteiger partial charge in [-0.15, -0.1) is 0 Å². The summed E-state index contributed by atoms with van der Waals surface area (Å²) < 4.78 is 1.19. The van der Waals surface area contributed by atoms with Crippen LogP contribution in [-0.2, 0) is 6.42 Å². The molecule has 0 amide bonds. The minimum Gasteiger partial charge on any atom is -0.317 e. The van der Waals surface area contributed by atoms with Crippen molar-refractivity contribution in [2.75, 3.05) is 13.1 Å². The van der Waals surface area contributed by atoms with Gasteiger partial charge in [0.1, 0.15) is 0 Å². The molecule has 1 heterocycles. The van der Waals surface area contributed by atoms with Gasteiger partial charge in [0.05, 0.1) is 0 Å². The van der Waals surface area contributed by atoms with E-state index in [0.717, 1.165) is 5.92 Å². The highest BCUT2D eigenvalue weighted by Gasteiger charge is 2.14. The Labute approximate surface area is 100 Å². The van der Waals surface area contributed by atoms with Crippen molar-refractivity contribution in [3.05, 3.63) is 33.8 Å². The zero-order chi connectivity index (χ0) is 10.7. The van der Waals surface area contributed by atoms with E-state index in [9.17, 15) is 0 Å². The number of rotatable bonds is 2. The fraction of sp³-hybridized carbons (Fsp3) is 0.538. The summed E-state index contributed by atoms with van der Waals surface area (Å²) in [5.41, 5.74) is 2.94. The van der Waals surface area contributed by atoms with Crippen LogP contribution in [0.1, 0.15) is 24.0 Å². The molecule has 0 aliphatic carbocycles. The Kier molecular flexibility index (Phi) is 3.81. The average Bonchev–Trinajstić information content (AvgIpc) is 2.24. The zero-order valence-corrected chi connectivity index (χ0v) is 10.8. The maximum atomic E-state index is 3.51. The number of piperidine rings is 1. The quantitative estimate of drug-likeness (QED) is 0.867. The number of nitrogens with one attached hydrogen (secondary N) is 1. The fourth-order valence-electron chi connectivity index (χ4n) is 2.29. The normalized spacial score (nSPS) is 18.0. The molecule has 0 spiro atoms. The van der Waals surface area contributed by atoms with E-state index < -0.39 is 0 Å². The molecule has 1 saturated heterocycles. The molecule has 2 rings (SSSR count). The van der Waals surface area contributed by atoms with Gasteiger partial charge in [0, 0.05) is 4.47 Å². The van der Waals surface area contributed by atoms with Gasteiger partial charge in [-0.05, 0) is 68.5 Å². The van der Waals surface area contributed by atoms with Crippen molar-refractivity contribution in [2.24, 2.45) is 5.92 Å². The summed E-state index contributed by atoms with van der Waals surface area (Å²) in [6, 6.07) is 6.64. The summed E-state index contributed by atoms with van der Waals surface area (Å²) in [6.07, 6.45) is 3.91. The van der Waals surface area contributed by atoms with Gasteiger partial charge >= 0.3 is 0 Å². The Morgan fingerprint density at radius 3 is 2.73 bits per heavy atom. The molecule has 1 N–H and O–H groups in total. The van der Waals surface area contributed by atoms with E-state index in [1.807, 2.05) is 0 Å². The Hall–Kier alpha value is -0.340. The largest absolute Gasteiger partial charge is 0.317 e. The van der Waals surface area contributed by atoms with Crippen LogP contribution < -0.4 is 5.32 Å². The zero-order valence-electron chi connectivity index (χ0n) is 9.22. The van der Waals surface area contributed by atoms with E-state index in [-0.39, 0.29) is 0 Å². The molecule has 0 bridgehead atoms. The summed E-state index contributed by atoms with van der Waals surface area (Å²) in [7, 11) is 0. The molecule has 1 fully saturated rings. The standard InChI is InChI=1S/C13H18BrN/c1-10-8-13(14)3-2-12(10)9-11-4-6-15-7-5-11/h2-3,8,11,15H,4-7,9H2,1H3. The number of aryl methyl sites for hydroxylation is 1. The third-order valence-corrected chi connectivity index (χ3v) is 3.77. The third-order valence-electron chi connectivity index (χ3n) is 3.27. The van der Waals surface area contributed by atoms with Crippen molar-refractivity contribution >= 4 is 15.9 Å². The first kappa shape index (κ1) is 11.2. The van der Waals surface area contributed by atoms with Crippen molar-refractivity contribution < 1.29 is 0 Å². The number of benzene rings is 1. The molecular formula is C13H18BrN. The predicted octanol–water partition coefficient (Wildman–Crippen LogP) is 3.30. The highest BCUT2D eigenvalue weighted by molar-refractivity contribution is 9.10. The lowest BCUT2D eigenvalue weighted by molar-refractivity contribution is 0.372. The minimum atomic E-state index is 0.881. The second-order valence-electron chi connectivity index (χ2n) is 4.47. The third kappa shape index (κ3) is 3.05. The van der Waals surface area contributed by atoms with Crippen molar-refractivity contribution in [3.63, 3.8) is 0 Å². The van der Waals surface area contributed by atoms with Crippen LogP contribution in [0.25, 0.3) is 0 Å². The van der Waals surface area contributed by atoms with Crippen molar-refractivity contribution in [2.45, 2.75) is 26.2 Å².